The minimum atomic E-state index is -4.33. The average Bonchev–Trinajstić information content (AvgIpc) is 2.32. The average molecular weight is 294 g/mol. The Kier molecular flexibility index (Phi) is 5.32. The molecule has 1 amide bonds. The molecule has 112 valence electrons. The zero-order valence-corrected chi connectivity index (χ0v) is 10.6. The summed E-state index contributed by atoms with van der Waals surface area (Å²) in [7, 11) is 0. The third-order valence-corrected chi connectivity index (χ3v) is 2.39. The van der Waals surface area contributed by atoms with Crippen LogP contribution in [0.2, 0.25) is 0 Å². The van der Waals surface area contributed by atoms with Crippen molar-refractivity contribution in [2.45, 2.75) is 25.6 Å². The van der Waals surface area contributed by atoms with Gasteiger partial charge in [0, 0.05) is 5.69 Å². The highest BCUT2D eigenvalue weighted by molar-refractivity contribution is 5.94. The van der Waals surface area contributed by atoms with Crippen LogP contribution in [0.25, 0.3) is 0 Å². The largest absolute Gasteiger partial charge is 0.396 e. The van der Waals surface area contributed by atoms with Crippen LogP contribution in [0.15, 0.2) is 18.2 Å². The molecule has 0 heterocycles. The van der Waals surface area contributed by atoms with Crippen molar-refractivity contribution >= 4 is 17.3 Å². The van der Waals surface area contributed by atoms with Gasteiger partial charge in [0.05, 0.1) is 18.7 Å². The zero-order chi connectivity index (χ0) is 15.3. The van der Waals surface area contributed by atoms with Gasteiger partial charge >= 0.3 is 6.18 Å². The number of ether oxygens (including phenoxy) is 1. The minimum Gasteiger partial charge on any atom is -0.396 e. The van der Waals surface area contributed by atoms with Crippen molar-refractivity contribution in [3.05, 3.63) is 24.0 Å². The molecule has 1 unspecified atom stereocenters. The monoisotopic (exact) mass is 294 g/mol. The van der Waals surface area contributed by atoms with E-state index < -0.39 is 37.0 Å². The maximum atomic E-state index is 12.9. The number of rotatable bonds is 5. The molecule has 20 heavy (non-hydrogen) atoms. The van der Waals surface area contributed by atoms with Crippen LogP contribution in [-0.4, -0.2) is 24.8 Å². The Morgan fingerprint density at radius 1 is 1.45 bits per heavy atom. The van der Waals surface area contributed by atoms with Crippen LogP contribution in [0.1, 0.15) is 13.3 Å². The number of carbonyl (C=O) groups is 1. The summed E-state index contributed by atoms with van der Waals surface area (Å²) in [4.78, 5) is 11.6. The van der Waals surface area contributed by atoms with Crippen LogP contribution >= 0.6 is 0 Å². The number of nitrogens with two attached hydrogens (primary N) is 1. The number of alkyl halides is 3. The molecule has 0 aliphatic carbocycles. The van der Waals surface area contributed by atoms with Crippen LogP contribution in [-0.2, 0) is 9.53 Å². The highest BCUT2D eigenvalue weighted by Gasteiger charge is 2.27. The first-order chi connectivity index (χ1) is 9.19. The van der Waals surface area contributed by atoms with Gasteiger partial charge in [-0.3, -0.25) is 4.79 Å². The Balaban J connectivity index is 2.47. The predicted molar refractivity (Wildman–Crippen MR) is 65.5 cm³/mol. The van der Waals surface area contributed by atoms with Crippen LogP contribution in [0.4, 0.5) is 28.9 Å². The molecular weight excluding hydrogens is 280 g/mol. The van der Waals surface area contributed by atoms with E-state index in [1.54, 1.807) is 0 Å². The molecular formula is C12H14F4N2O2. The number of carbonyl (C=O) groups excluding carboxylic acids is 1. The van der Waals surface area contributed by atoms with Crippen molar-refractivity contribution in [3.63, 3.8) is 0 Å². The van der Waals surface area contributed by atoms with Crippen molar-refractivity contribution in [3.8, 4) is 0 Å². The molecule has 0 saturated heterocycles. The maximum absolute atomic E-state index is 12.9. The van der Waals surface area contributed by atoms with Crippen molar-refractivity contribution in [2.24, 2.45) is 0 Å². The van der Waals surface area contributed by atoms with E-state index in [9.17, 15) is 22.4 Å². The van der Waals surface area contributed by atoms with Crippen LogP contribution in [0.5, 0.6) is 0 Å². The summed E-state index contributed by atoms with van der Waals surface area (Å²) >= 11 is 0. The summed E-state index contributed by atoms with van der Waals surface area (Å²) in [6.45, 7) is 0.711. The van der Waals surface area contributed by atoms with Gasteiger partial charge in [-0.1, -0.05) is 0 Å². The van der Waals surface area contributed by atoms with Crippen molar-refractivity contribution in [2.75, 3.05) is 17.7 Å². The Hall–Kier alpha value is -1.83. The fraction of sp³-hybridized carbons (Fsp3) is 0.417. The number of amides is 1. The summed E-state index contributed by atoms with van der Waals surface area (Å²) in [5.41, 5.74) is 5.41. The number of hydrogen-bond donors (Lipinski definition) is 2. The predicted octanol–water partition coefficient (Wildman–Crippen LogP) is 2.70. The van der Waals surface area contributed by atoms with Gasteiger partial charge in [-0.05, 0) is 25.1 Å². The summed E-state index contributed by atoms with van der Waals surface area (Å²) in [5.74, 6) is -1.27. The molecule has 3 N–H and O–H groups in total. The molecule has 0 bridgehead atoms. The molecule has 0 spiro atoms. The standard InChI is InChI=1S/C12H14F4N2O2/c1-7(20-5-4-12(14,15)16)11(19)18-8-2-3-9(13)10(17)6-8/h2-3,6-7H,4-5,17H2,1H3,(H,18,19). The lowest BCUT2D eigenvalue weighted by Crippen LogP contribution is -2.29. The van der Waals surface area contributed by atoms with E-state index in [2.05, 4.69) is 5.32 Å². The molecule has 8 heteroatoms. The molecule has 0 saturated carbocycles. The van der Waals surface area contributed by atoms with Crippen LogP contribution in [0, 0.1) is 5.82 Å². The molecule has 4 nitrogen and oxygen atoms in total. The number of nitrogens with one attached hydrogen (secondary N) is 1. The summed E-state index contributed by atoms with van der Waals surface area (Å²) in [6.07, 6.45) is -6.53. The highest BCUT2D eigenvalue weighted by atomic mass is 19.4. The van der Waals surface area contributed by atoms with Crippen LogP contribution in [0.3, 0.4) is 0 Å². The molecule has 1 aromatic carbocycles. The van der Waals surface area contributed by atoms with Gasteiger partial charge in [0.1, 0.15) is 11.9 Å². The maximum Gasteiger partial charge on any atom is 0.391 e. The molecule has 0 fully saturated rings. The Morgan fingerprint density at radius 3 is 2.65 bits per heavy atom. The van der Waals surface area contributed by atoms with Crippen molar-refractivity contribution in [1.29, 1.82) is 0 Å². The molecule has 0 aliphatic heterocycles. The SMILES string of the molecule is CC(OCCC(F)(F)F)C(=O)Nc1ccc(F)c(N)c1. The van der Waals surface area contributed by atoms with Crippen molar-refractivity contribution in [1.82, 2.24) is 0 Å². The topological polar surface area (TPSA) is 64.3 Å². The van der Waals surface area contributed by atoms with Gasteiger partial charge in [0.25, 0.3) is 5.91 Å². The third-order valence-electron chi connectivity index (χ3n) is 2.39. The summed E-state index contributed by atoms with van der Waals surface area (Å²) < 4.78 is 53.4. The van der Waals surface area contributed by atoms with Gasteiger partial charge in [-0.25, -0.2) is 4.39 Å². The Bertz CT molecular complexity index is 477. The molecule has 1 rings (SSSR count). The van der Waals surface area contributed by atoms with E-state index in [0.29, 0.717) is 0 Å². The van der Waals surface area contributed by atoms with E-state index in [-0.39, 0.29) is 11.4 Å². The van der Waals surface area contributed by atoms with Gasteiger partial charge in [0.15, 0.2) is 0 Å². The van der Waals surface area contributed by atoms with Crippen molar-refractivity contribution < 1.29 is 27.1 Å². The van der Waals surface area contributed by atoms with Gasteiger partial charge in [-0.2, -0.15) is 13.2 Å². The Labute approximate surface area is 112 Å². The van der Waals surface area contributed by atoms with E-state index in [1.807, 2.05) is 0 Å². The quantitative estimate of drug-likeness (QED) is 0.648. The molecule has 1 atom stereocenters. The zero-order valence-electron chi connectivity index (χ0n) is 10.6. The third kappa shape index (κ3) is 5.43. The normalized spacial score (nSPS) is 13.1. The smallest absolute Gasteiger partial charge is 0.391 e. The second-order valence-electron chi connectivity index (χ2n) is 4.10. The first-order valence-electron chi connectivity index (χ1n) is 5.73. The number of anilines is 2. The van der Waals surface area contributed by atoms with Crippen LogP contribution < -0.4 is 11.1 Å². The summed E-state index contributed by atoms with van der Waals surface area (Å²) in [6, 6.07) is 3.56. The molecule has 0 radical (unpaired) electrons. The first-order valence-corrected chi connectivity index (χ1v) is 5.73. The number of benzene rings is 1. The molecule has 1 aromatic rings. The van der Waals surface area contributed by atoms with E-state index >= 15 is 0 Å². The lowest BCUT2D eigenvalue weighted by atomic mass is 10.2. The fourth-order valence-electron chi connectivity index (χ4n) is 1.29. The minimum absolute atomic E-state index is 0.145. The first kappa shape index (κ1) is 16.2. The fourth-order valence-corrected chi connectivity index (χ4v) is 1.29. The van der Waals surface area contributed by atoms with Gasteiger partial charge in [-0.15, -0.1) is 0 Å². The highest BCUT2D eigenvalue weighted by Crippen LogP contribution is 2.20. The molecule has 0 aliphatic rings. The van der Waals surface area contributed by atoms with E-state index in [0.717, 1.165) is 6.07 Å². The van der Waals surface area contributed by atoms with Gasteiger partial charge < -0.3 is 15.8 Å². The lowest BCUT2D eigenvalue weighted by molar-refractivity contribution is -0.152. The Morgan fingerprint density at radius 2 is 2.10 bits per heavy atom. The van der Waals surface area contributed by atoms with E-state index in [1.165, 1.54) is 19.1 Å². The number of nitrogen functional groups attached to an aromatic ring is 1. The van der Waals surface area contributed by atoms with E-state index in [4.69, 9.17) is 10.5 Å². The lowest BCUT2D eigenvalue weighted by Gasteiger charge is -2.14. The second-order valence-corrected chi connectivity index (χ2v) is 4.10. The van der Waals surface area contributed by atoms with Gasteiger partial charge in [0.2, 0.25) is 0 Å². The molecule has 0 aromatic heterocycles. The number of hydrogen-bond acceptors (Lipinski definition) is 3. The second kappa shape index (κ2) is 6.56. The summed E-state index contributed by atoms with van der Waals surface area (Å²) in [5, 5.41) is 2.37. The number of halogens is 4.